The number of aromatic nitrogens is 2. The van der Waals surface area contributed by atoms with Gasteiger partial charge in [-0.15, -0.1) is 0 Å². The van der Waals surface area contributed by atoms with Gasteiger partial charge in [-0.05, 0) is 31.0 Å². The second kappa shape index (κ2) is 6.86. The summed E-state index contributed by atoms with van der Waals surface area (Å²) in [6.45, 7) is 0.709. The van der Waals surface area contributed by atoms with Crippen molar-refractivity contribution in [2.45, 2.75) is 50.5 Å². The highest BCUT2D eigenvalue weighted by Crippen LogP contribution is 2.33. The predicted molar refractivity (Wildman–Crippen MR) is 92.2 cm³/mol. The Morgan fingerprint density at radius 1 is 1.24 bits per heavy atom. The van der Waals surface area contributed by atoms with E-state index in [4.69, 9.17) is 9.26 Å². The molecule has 1 aliphatic heterocycles. The van der Waals surface area contributed by atoms with Crippen molar-refractivity contribution in [1.82, 2.24) is 15.0 Å². The normalized spacial score (nSPS) is 21.7. The first-order valence-electron chi connectivity index (χ1n) is 9.02. The number of benzene rings is 1. The fourth-order valence-corrected chi connectivity index (χ4v) is 3.92. The third-order valence-electron chi connectivity index (χ3n) is 5.30. The molecule has 0 unspecified atom stereocenters. The highest BCUT2D eigenvalue weighted by molar-refractivity contribution is 5.80. The van der Waals surface area contributed by atoms with E-state index >= 15 is 0 Å². The molecular weight excluding hydrogens is 318 g/mol. The minimum absolute atomic E-state index is 0.0255. The van der Waals surface area contributed by atoms with Gasteiger partial charge in [0, 0.05) is 30.5 Å². The molecule has 4 rings (SSSR count). The van der Waals surface area contributed by atoms with Crippen molar-refractivity contribution in [1.29, 1.82) is 0 Å². The van der Waals surface area contributed by atoms with Crippen molar-refractivity contribution in [3.8, 4) is 17.2 Å². The van der Waals surface area contributed by atoms with Crippen LogP contribution in [0.15, 0.2) is 28.8 Å². The van der Waals surface area contributed by atoms with Crippen LogP contribution in [0.1, 0.15) is 50.3 Å². The molecule has 1 atom stereocenters. The summed E-state index contributed by atoms with van der Waals surface area (Å²) in [7, 11) is 1.63. The fourth-order valence-electron chi connectivity index (χ4n) is 3.92. The van der Waals surface area contributed by atoms with E-state index < -0.39 is 0 Å². The van der Waals surface area contributed by atoms with Crippen LogP contribution in [0.4, 0.5) is 0 Å². The number of carbonyl (C=O) groups is 1. The van der Waals surface area contributed by atoms with Crippen LogP contribution in [0.2, 0.25) is 0 Å². The first kappa shape index (κ1) is 16.1. The molecule has 0 N–H and O–H groups in total. The average molecular weight is 341 g/mol. The molecule has 25 heavy (non-hydrogen) atoms. The molecular formula is C19H23N3O3. The summed E-state index contributed by atoms with van der Waals surface area (Å²) < 4.78 is 10.7. The molecule has 6 heteroatoms. The van der Waals surface area contributed by atoms with Gasteiger partial charge in [0.25, 0.3) is 5.89 Å². The summed E-state index contributed by atoms with van der Waals surface area (Å²) in [5, 5.41) is 4.14. The van der Waals surface area contributed by atoms with Crippen LogP contribution < -0.4 is 4.74 Å². The van der Waals surface area contributed by atoms with Gasteiger partial charge in [0.05, 0.1) is 7.11 Å². The van der Waals surface area contributed by atoms with E-state index in [1.807, 2.05) is 29.2 Å². The van der Waals surface area contributed by atoms with Crippen LogP contribution in [-0.2, 0) is 4.79 Å². The molecule has 2 aliphatic rings. The largest absolute Gasteiger partial charge is 0.497 e. The van der Waals surface area contributed by atoms with E-state index in [1.165, 1.54) is 19.3 Å². The number of carbonyl (C=O) groups excluding carboxylic acids is 1. The third kappa shape index (κ3) is 3.25. The highest BCUT2D eigenvalue weighted by Gasteiger charge is 2.37. The first-order chi connectivity index (χ1) is 12.2. The monoisotopic (exact) mass is 341 g/mol. The molecule has 132 valence electrons. The number of ether oxygens (including phenoxy) is 1. The quantitative estimate of drug-likeness (QED) is 0.852. The van der Waals surface area contributed by atoms with Gasteiger partial charge in [0.2, 0.25) is 5.91 Å². The Hall–Kier alpha value is -2.37. The van der Waals surface area contributed by atoms with Gasteiger partial charge < -0.3 is 14.2 Å². The number of methoxy groups -OCH3 is 1. The van der Waals surface area contributed by atoms with Crippen LogP contribution in [0, 0.1) is 0 Å². The number of nitrogens with zero attached hydrogens (tertiary/aromatic N) is 3. The van der Waals surface area contributed by atoms with Gasteiger partial charge in [-0.25, -0.2) is 0 Å². The lowest BCUT2D eigenvalue weighted by molar-refractivity contribution is -0.130. The van der Waals surface area contributed by atoms with E-state index in [0.29, 0.717) is 30.7 Å². The third-order valence-corrected chi connectivity index (χ3v) is 5.30. The number of likely N-dealkylation sites (tertiary alicyclic amines) is 1. The molecule has 1 aromatic carbocycles. The molecule has 1 aromatic heterocycles. The molecule has 1 amide bonds. The van der Waals surface area contributed by atoms with Gasteiger partial charge in [-0.1, -0.05) is 30.5 Å². The second-order valence-electron chi connectivity index (χ2n) is 6.93. The molecule has 1 aliphatic carbocycles. The number of hydrogen-bond acceptors (Lipinski definition) is 5. The maximum Gasteiger partial charge on any atom is 0.258 e. The lowest BCUT2D eigenvalue weighted by Gasteiger charge is -2.31. The Labute approximate surface area is 147 Å². The minimum atomic E-state index is 0.0255. The summed E-state index contributed by atoms with van der Waals surface area (Å²) in [5.41, 5.74) is 0.826. The lowest BCUT2D eigenvalue weighted by atomic mass is 9.94. The Kier molecular flexibility index (Phi) is 4.42. The van der Waals surface area contributed by atoms with Gasteiger partial charge in [-0.2, -0.15) is 4.98 Å². The maximum atomic E-state index is 12.4. The van der Waals surface area contributed by atoms with Gasteiger partial charge in [0.1, 0.15) is 5.75 Å². The average Bonchev–Trinajstić information content (AvgIpc) is 3.29. The Morgan fingerprint density at radius 3 is 2.88 bits per heavy atom. The molecule has 1 saturated carbocycles. The van der Waals surface area contributed by atoms with Crippen molar-refractivity contribution < 1.29 is 14.1 Å². The van der Waals surface area contributed by atoms with Crippen molar-refractivity contribution in [2.24, 2.45) is 0 Å². The van der Waals surface area contributed by atoms with Crippen LogP contribution in [0.25, 0.3) is 11.5 Å². The summed E-state index contributed by atoms with van der Waals surface area (Å²) in [6.07, 6.45) is 6.46. The predicted octanol–water partition coefficient (Wildman–Crippen LogP) is 3.39. The van der Waals surface area contributed by atoms with Crippen molar-refractivity contribution in [3.63, 3.8) is 0 Å². The van der Waals surface area contributed by atoms with Crippen LogP contribution in [0.3, 0.4) is 0 Å². The van der Waals surface area contributed by atoms with Crippen molar-refractivity contribution >= 4 is 5.91 Å². The minimum Gasteiger partial charge on any atom is -0.497 e. The molecule has 0 bridgehead atoms. The van der Waals surface area contributed by atoms with E-state index in [9.17, 15) is 4.79 Å². The summed E-state index contributed by atoms with van der Waals surface area (Å²) in [6, 6.07) is 7.94. The van der Waals surface area contributed by atoms with Gasteiger partial charge >= 0.3 is 0 Å². The van der Waals surface area contributed by atoms with Crippen LogP contribution in [0.5, 0.6) is 5.75 Å². The topological polar surface area (TPSA) is 68.5 Å². The smallest absolute Gasteiger partial charge is 0.258 e. The van der Waals surface area contributed by atoms with Crippen LogP contribution >= 0.6 is 0 Å². The lowest BCUT2D eigenvalue weighted by Crippen LogP contribution is -2.37. The number of amides is 1. The Balaban J connectivity index is 1.49. The molecule has 2 aromatic rings. The second-order valence-corrected chi connectivity index (χ2v) is 6.93. The molecule has 6 nitrogen and oxygen atoms in total. The molecule has 2 heterocycles. The highest BCUT2D eigenvalue weighted by atomic mass is 16.5. The Bertz CT molecular complexity index is 752. The molecule has 0 radical (unpaired) electrons. The number of hydrogen-bond donors (Lipinski definition) is 0. The van der Waals surface area contributed by atoms with E-state index in [2.05, 4.69) is 10.1 Å². The van der Waals surface area contributed by atoms with E-state index in [-0.39, 0.29) is 11.8 Å². The Morgan fingerprint density at radius 2 is 2.08 bits per heavy atom. The summed E-state index contributed by atoms with van der Waals surface area (Å²) >= 11 is 0. The maximum absolute atomic E-state index is 12.4. The summed E-state index contributed by atoms with van der Waals surface area (Å²) in [5.74, 6) is 2.10. The SMILES string of the molecule is COc1cccc(-c2nc([C@@H]3CC(=O)N(C4CCCCC4)C3)no2)c1. The van der Waals surface area contributed by atoms with Gasteiger partial charge in [-0.3, -0.25) is 4.79 Å². The van der Waals surface area contributed by atoms with Crippen molar-refractivity contribution in [3.05, 3.63) is 30.1 Å². The zero-order valence-electron chi connectivity index (χ0n) is 14.5. The van der Waals surface area contributed by atoms with E-state index in [0.717, 1.165) is 24.2 Å². The molecule has 0 spiro atoms. The molecule has 1 saturated heterocycles. The van der Waals surface area contributed by atoms with Crippen LogP contribution in [-0.4, -0.2) is 40.6 Å². The number of rotatable bonds is 4. The van der Waals surface area contributed by atoms with Gasteiger partial charge in [0.15, 0.2) is 5.82 Å². The zero-order chi connectivity index (χ0) is 17.2. The standard InChI is InChI=1S/C19H23N3O3/c1-24-16-9-5-6-13(10-16)19-20-18(21-25-19)14-11-17(23)22(12-14)15-7-3-2-4-8-15/h5-6,9-10,14-15H,2-4,7-8,11-12H2,1H3/t14-/m1/s1. The summed E-state index contributed by atoms with van der Waals surface area (Å²) in [4.78, 5) is 19.0. The van der Waals surface area contributed by atoms with E-state index in [1.54, 1.807) is 7.11 Å². The van der Waals surface area contributed by atoms with Crippen molar-refractivity contribution in [2.75, 3.05) is 13.7 Å². The first-order valence-corrected chi connectivity index (χ1v) is 9.02. The molecule has 2 fully saturated rings. The fraction of sp³-hybridized carbons (Fsp3) is 0.526. The zero-order valence-corrected chi connectivity index (χ0v) is 14.5.